The van der Waals surface area contributed by atoms with Gasteiger partial charge in [0, 0.05) is 30.6 Å². The molecule has 0 saturated carbocycles. The smallest absolute Gasteiger partial charge is 0.191 e. The third kappa shape index (κ3) is 5.74. The first-order valence-electron chi connectivity index (χ1n) is 9.18. The van der Waals surface area contributed by atoms with E-state index in [4.69, 9.17) is 4.99 Å². The summed E-state index contributed by atoms with van der Waals surface area (Å²) < 4.78 is 0. The van der Waals surface area contributed by atoms with Crippen molar-refractivity contribution in [3.63, 3.8) is 0 Å². The lowest BCUT2D eigenvalue weighted by atomic mass is 9.99. The van der Waals surface area contributed by atoms with Gasteiger partial charge in [-0.2, -0.15) is 0 Å². The van der Waals surface area contributed by atoms with E-state index in [2.05, 4.69) is 55.1 Å². The van der Waals surface area contributed by atoms with E-state index in [0.717, 1.165) is 35.7 Å². The highest BCUT2D eigenvalue weighted by Gasteiger charge is 2.20. The number of aliphatic imine (C=N–C) groups is 1. The monoisotopic (exact) mass is 351 g/mol. The summed E-state index contributed by atoms with van der Waals surface area (Å²) in [6, 6.07) is 0.529. The number of rotatable bonds is 6. The molecule has 24 heavy (non-hydrogen) atoms. The molecule has 0 aromatic carbocycles. The molecule has 2 heterocycles. The van der Waals surface area contributed by atoms with Crippen molar-refractivity contribution in [2.24, 2.45) is 10.9 Å². The van der Waals surface area contributed by atoms with E-state index in [1.807, 2.05) is 0 Å². The Morgan fingerprint density at radius 3 is 2.83 bits per heavy atom. The molecule has 2 rings (SSSR count). The molecule has 1 aliphatic heterocycles. The van der Waals surface area contributed by atoms with Crippen LogP contribution in [0.1, 0.15) is 49.2 Å². The van der Waals surface area contributed by atoms with Gasteiger partial charge >= 0.3 is 0 Å². The van der Waals surface area contributed by atoms with Crippen LogP contribution in [0.15, 0.2) is 4.99 Å². The fraction of sp³-hybridized carbons (Fsp3) is 0.778. The minimum absolute atomic E-state index is 0.529. The SMILES string of the molecule is CCNC(=NCc1nc(C)c(C)s1)NCC(C)N1CCCC(C)C1. The van der Waals surface area contributed by atoms with Crippen LogP contribution in [0.3, 0.4) is 0 Å². The molecule has 2 N–H and O–H groups in total. The van der Waals surface area contributed by atoms with E-state index >= 15 is 0 Å². The molecule has 1 aromatic heterocycles. The van der Waals surface area contributed by atoms with Gasteiger partial charge in [-0.3, -0.25) is 4.90 Å². The average molecular weight is 352 g/mol. The molecule has 0 bridgehead atoms. The van der Waals surface area contributed by atoms with Crippen LogP contribution >= 0.6 is 11.3 Å². The number of hydrogen-bond donors (Lipinski definition) is 2. The predicted octanol–water partition coefficient (Wildman–Crippen LogP) is 2.94. The molecule has 0 amide bonds. The lowest BCUT2D eigenvalue weighted by Crippen LogP contribution is -2.48. The van der Waals surface area contributed by atoms with Crippen LogP contribution in [0.4, 0.5) is 0 Å². The highest BCUT2D eigenvalue weighted by Crippen LogP contribution is 2.18. The quantitative estimate of drug-likeness (QED) is 0.611. The van der Waals surface area contributed by atoms with Crippen molar-refractivity contribution in [3.05, 3.63) is 15.6 Å². The molecule has 1 fully saturated rings. The van der Waals surface area contributed by atoms with Crippen molar-refractivity contribution in [1.29, 1.82) is 0 Å². The Balaban J connectivity index is 1.86. The van der Waals surface area contributed by atoms with Gasteiger partial charge in [-0.05, 0) is 53.0 Å². The van der Waals surface area contributed by atoms with Gasteiger partial charge in [0.25, 0.3) is 0 Å². The van der Waals surface area contributed by atoms with E-state index in [9.17, 15) is 0 Å². The summed E-state index contributed by atoms with van der Waals surface area (Å²) >= 11 is 1.74. The molecular formula is C18H33N5S. The van der Waals surface area contributed by atoms with Crippen LogP contribution in [0, 0.1) is 19.8 Å². The Kier molecular flexibility index (Phi) is 7.49. The Labute approximate surface area is 151 Å². The zero-order chi connectivity index (χ0) is 17.5. The van der Waals surface area contributed by atoms with Crippen LogP contribution in [0.2, 0.25) is 0 Å². The average Bonchev–Trinajstić information content (AvgIpc) is 2.88. The van der Waals surface area contributed by atoms with Crippen molar-refractivity contribution in [2.45, 2.75) is 60.0 Å². The number of likely N-dealkylation sites (tertiary alicyclic amines) is 1. The van der Waals surface area contributed by atoms with E-state index in [-0.39, 0.29) is 0 Å². The fourth-order valence-corrected chi connectivity index (χ4v) is 3.95. The maximum absolute atomic E-state index is 4.69. The van der Waals surface area contributed by atoms with Crippen molar-refractivity contribution in [3.8, 4) is 0 Å². The van der Waals surface area contributed by atoms with Crippen LogP contribution in [-0.4, -0.2) is 48.1 Å². The number of aryl methyl sites for hydroxylation is 2. The highest BCUT2D eigenvalue weighted by molar-refractivity contribution is 7.11. The fourth-order valence-electron chi connectivity index (χ4n) is 3.09. The Bertz CT molecular complexity index is 520. The van der Waals surface area contributed by atoms with E-state index in [0.29, 0.717) is 12.6 Å². The topological polar surface area (TPSA) is 52.6 Å². The lowest BCUT2D eigenvalue weighted by molar-refractivity contribution is 0.139. The van der Waals surface area contributed by atoms with Gasteiger partial charge in [-0.25, -0.2) is 9.98 Å². The number of nitrogens with zero attached hydrogens (tertiary/aromatic N) is 3. The van der Waals surface area contributed by atoms with Gasteiger partial charge in [-0.1, -0.05) is 6.92 Å². The molecule has 0 spiro atoms. The summed E-state index contributed by atoms with van der Waals surface area (Å²) in [5, 5.41) is 7.92. The maximum atomic E-state index is 4.69. The Morgan fingerprint density at radius 2 is 2.21 bits per heavy atom. The normalized spacial score (nSPS) is 20.9. The second kappa shape index (κ2) is 9.37. The van der Waals surface area contributed by atoms with Gasteiger partial charge in [0.1, 0.15) is 5.01 Å². The van der Waals surface area contributed by atoms with E-state index in [1.165, 1.54) is 30.8 Å². The Hall–Kier alpha value is -1.14. The van der Waals surface area contributed by atoms with Crippen LogP contribution in [0.5, 0.6) is 0 Å². The third-order valence-electron chi connectivity index (χ3n) is 4.67. The number of hydrogen-bond acceptors (Lipinski definition) is 4. The van der Waals surface area contributed by atoms with Crippen molar-refractivity contribution >= 4 is 17.3 Å². The van der Waals surface area contributed by atoms with Crippen molar-refractivity contribution in [2.75, 3.05) is 26.2 Å². The largest absolute Gasteiger partial charge is 0.357 e. The minimum atomic E-state index is 0.529. The number of nitrogens with one attached hydrogen (secondary N) is 2. The van der Waals surface area contributed by atoms with Gasteiger partial charge in [0.15, 0.2) is 5.96 Å². The molecule has 2 unspecified atom stereocenters. The number of guanidine groups is 1. The molecule has 1 aliphatic rings. The minimum Gasteiger partial charge on any atom is -0.357 e. The third-order valence-corrected chi connectivity index (χ3v) is 5.72. The first-order chi connectivity index (χ1) is 11.5. The first kappa shape index (κ1) is 19.2. The zero-order valence-corrected chi connectivity index (χ0v) is 16.7. The van der Waals surface area contributed by atoms with Gasteiger partial charge < -0.3 is 10.6 Å². The number of thiazole rings is 1. The standard InChI is InChI=1S/C18H33N5S/c1-6-19-18(21-11-17-22-15(4)16(5)24-17)20-10-14(3)23-9-7-8-13(2)12-23/h13-14H,6-12H2,1-5H3,(H2,19,20,21). The molecule has 136 valence electrons. The van der Waals surface area contributed by atoms with E-state index in [1.54, 1.807) is 11.3 Å². The summed E-state index contributed by atoms with van der Waals surface area (Å²) in [6.07, 6.45) is 2.69. The summed E-state index contributed by atoms with van der Waals surface area (Å²) in [6.45, 7) is 15.8. The van der Waals surface area contributed by atoms with Crippen LogP contribution in [-0.2, 0) is 6.54 Å². The molecule has 1 aromatic rings. The molecule has 0 radical (unpaired) electrons. The van der Waals surface area contributed by atoms with Crippen molar-refractivity contribution in [1.82, 2.24) is 20.5 Å². The van der Waals surface area contributed by atoms with Gasteiger partial charge in [-0.15, -0.1) is 11.3 Å². The summed E-state index contributed by atoms with van der Waals surface area (Å²) in [5.41, 5.74) is 1.12. The molecule has 1 saturated heterocycles. The number of piperidine rings is 1. The molecule has 6 heteroatoms. The van der Waals surface area contributed by atoms with Crippen LogP contribution < -0.4 is 10.6 Å². The van der Waals surface area contributed by atoms with Gasteiger partial charge in [0.05, 0.1) is 12.2 Å². The number of aromatic nitrogens is 1. The second-order valence-electron chi connectivity index (χ2n) is 6.92. The van der Waals surface area contributed by atoms with E-state index < -0.39 is 0 Å². The Morgan fingerprint density at radius 1 is 1.42 bits per heavy atom. The zero-order valence-electron chi connectivity index (χ0n) is 15.9. The summed E-state index contributed by atoms with van der Waals surface area (Å²) in [7, 11) is 0. The predicted molar refractivity (Wildman–Crippen MR) is 104 cm³/mol. The second-order valence-corrected chi connectivity index (χ2v) is 8.20. The molecular weight excluding hydrogens is 318 g/mol. The maximum Gasteiger partial charge on any atom is 0.191 e. The molecule has 5 nitrogen and oxygen atoms in total. The summed E-state index contributed by atoms with van der Waals surface area (Å²) in [4.78, 5) is 13.1. The van der Waals surface area contributed by atoms with Gasteiger partial charge in [0.2, 0.25) is 0 Å². The molecule has 2 atom stereocenters. The highest BCUT2D eigenvalue weighted by atomic mass is 32.1. The summed E-state index contributed by atoms with van der Waals surface area (Å²) in [5.74, 6) is 1.71. The first-order valence-corrected chi connectivity index (χ1v) is 10.00. The van der Waals surface area contributed by atoms with Crippen molar-refractivity contribution < 1.29 is 0 Å². The van der Waals surface area contributed by atoms with Crippen LogP contribution in [0.25, 0.3) is 0 Å². The molecule has 0 aliphatic carbocycles. The lowest BCUT2D eigenvalue weighted by Gasteiger charge is -2.35.